The molecule has 0 aliphatic carbocycles. The fourth-order valence-electron chi connectivity index (χ4n) is 2.60. The number of hydrogen-bond acceptors (Lipinski definition) is 4. The van der Waals surface area contributed by atoms with Gasteiger partial charge in [-0.1, -0.05) is 0 Å². The molecule has 0 radical (unpaired) electrons. The zero-order chi connectivity index (χ0) is 13.4. The number of aromatic nitrogens is 2. The molecule has 1 aromatic heterocycles. The van der Waals surface area contributed by atoms with E-state index in [1.807, 2.05) is 17.8 Å². The summed E-state index contributed by atoms with van der Waals surface area (Å²) in [5.74, 6) is 1.16. The van der Waals surface area contributed by atoms with E-state index in [1.54, 1.807) is 0 Å². The van der Waals surface area contributed by atoms with Crippen molar-refractivity contribution in [3.05, 3.63) is 48.0 Å². The first-order valence-electron chi connectivity index (χ1n) is 6.61. The average molecular weight is 346 g/mol. The van der Waals surface area contributed by atoms with Crippen LogP contribution in [0.25, 0.3) is 11.0 Å². The molecule has 0 saturated heterocycles. The predicted octanol–water partition coefficient (Wildman–Crippen LogP) is 3.34. The molecule has 0 saturated carbocycles. The van der Waals surface area contributed by atoms with Gasteiger partial charge in [-0.25, -0.2) is 0 Å². The molecular weight excluding hydrogens is 333 g/mol. The first-order valence-corrected chi connectivity index (χ1v) is 9.13. The van der Waals surface area contributed by atoms with Crippen LogP contribution >= 0.6 is 11.8 Å². The summed E-state index contributed by atoms with van der Waals surface area (Å²) in [5.41, 5.74) is 4.61. The molecule has 1 unspecified atom stereocenters. The van der Waals surface area contributed by atoms with Gasteiger partial charge in [-0.2, -0.15) is 0 Å². The minimum atomic E-state index is 0.0282. The normalized spacial score (nSPS) is 17.9. The molecule has 100 valence electrons. The van der Waals surface area contributed by atoms with Gasteiger partial charge in [-0.3, -0.25) is 0 Å². The van der Waals surface area contributed by atoms with Crippen molar-refractivity contribution < 1.29 is 0 Å². The minimum absolute atomic E-state index is 0.0282. The van der Waals surface area contributed by atoms with Crippen LogP contribution < -0.4 is 5.32 Å². The van der Waals surface area contributed by atoms with E-state index < -0.39 is 0 Å². The van der Waals surface area contributed by atoms with Crippen molar-refractivity contribution in [3.63, 3.8) is 0 Å². The summed E-state index contributed by atoms with van der Waals surface area (Å²) in [7, 11) is 0. The van der Waals surface area contributed by atoms with Crippen LogP contribution in [-0.2, 0) is 0 Å². The molecule has 3 aromatic rings. The van der Waals surface area contributed by atoms with Crippen molar-refractivity contribution in [2.45, 2.75) is 17.4 Å². The van der Waals surface area contributed by atoms with Gasteiger partial charge in [-0.15, -0.1) is 0 Å². The molecule has 2 heterocycles. The molecule has 3 nitrogen and oxygen atoms in total. The van der Waals surface area contributed by atoms with Gasteiger partial charge in [0.1, 0.15) is 0 Å². The first-order chi connectivity index (χ1) is 9.92. The second-order valence-corrected chi connectivity index (χ2v) is 7.05. The van der Waals surface area contributed by atoms with Gasteiger partial charge in [-0.05, 0) is 0 Å². The number of benzene rings is 2. The van der Waals surface area contributed by atoms with Gasteiger partial charge >= 0.3 is 128 Å². The van der Waals surface area contributed by atoms with Gasteiger partial charge in [0, 0.05) is 0 Å². The number of nitrogens with zero attached hydrogens (tertiary/aromatic N) is 2. The summed E-state index contributed by atoms with van der Waals surface area (Å²) in [4.78, 5) is 1.40. The number of thioether (sulfide) groups is 1. The topological polar surface area (TPSA) is 37.8 Å². The Morgan fingerprint density at radius 3 is 3.05 bits per heavy atom. The van der Waals surface area contributed by atoms with Crippen LogP contribution in [0.4, 0.5) is 5.69 Å². The van der Waals surface area contributed by atoms with Crippen molar-refractivity contribution in [2.75, 3.05) is 11.1 Å². The zero-order valence-electron chi connectivity index (χ0n) is 10.7. The van der Waals surface area contributed by atoms with E-state index in [0.717, 1.165) is 28.9 Å². The van der Waals surface area contributed by atoms with Crippen molar-refractivity contribution in [1.82, 2.24) is 7.96 Å². The zero-order valence-corrected chi connectivity index (χ0v) is 13.3. The summed E-state index contributed by atoms with van der Waals surface area (Å²) in [6, 6.07) is 15.3. The van der Waals surface area contributed by atoms with E-state index in [9.17, 15) is 0 Å². The fourth-order valence-corrected chi connectivity index (χ4v) is 4.88. The molecule has 1 aliphatic rings. The van der Waals surface area contributed by atoms with Crippen LogP contribution in [0.2, 0.25) is 0 Å². The Morgan fingerprint density at radius 1 is 1.10 bits per heavy atom. The van der Waals surface area contributed by atoms with Gasteiger partial charge < -0.3 is 0 Å². The summed E-state index contributed by atoms with van der Waals surface area (Å²) >= 11 is 1.98. The van der Waals surface area contributed by atoms with Gasteiger partial charge in [0.05, 0.1) is 0 Å². The molecule has 0 bridgehead atoms. The predicted molar refractivity (Wildman–Crippen MR) is 84.6 cm³/mol. The second-order valence-electron chi connectivity index (χ2n) is 4.81. The molecule has 1 atom stereocenters. The summed E-state index contributed by atoms with van der Waals surface area (Å²) in [6.45, 7) is 0. The maximum atomic E-state index is 4.55. The average Bonchev–Trinajstić information content (AvgIpc) is 2.97. The first kappa shape index (κ1) is 12.5. The Balaban J connectivity index is 1.72. The molecule has 5 heteroatoms. The van der Waals surface area contributed by atoms with Gasteiger partial charge in [0.25, 0.3) is 0 Å². The molecule has 0 spiro atoms. The molecule has 1 aliphatic heterocycles. The van der Waals surface area contributed by atoms with Gasteiger partial charge in [0.15, 0.2) is 0 Å². The maximum absolute atomic E-state index is 4.55. The standard InChI is InChI=1S/C15H13N3SSe/c1-2-7-14-10(4-1)11(8-9-19-14)16-12-5-3-6-13-15(12)18-20-17-13/h1-7,11,16H,8-9H2. The van der Waals surface area contributed by atoms with Gasteiger partial charge in [0.2, 0.25) is 0 Å². The molecule has 4 rings (SSSR count). The molecule has 2 aromatic carbocycles. The Morgan fingerprint density at radius 2 is 2.05 bits per heavy atom. The van der Waals surface area contributed by atoms with Crippen molar-refractivity contribution in [1.29, 1.82) is 0 Å². The number of fused-ring (bicyclic) bond motifs is 2. The van der Waals surface area contributed by atoms with Crippen LogP contribution in [0.3, 0.4) is 0 Å². The SMILES string of the molecule is c1ccc2c(c1)SCCC2Nc1cccc2n[se]nc12. The summed E-state index contributed by atoms with van der Waals surface area (Å²) < 4.78 is 9.00. The van der Waals surface area contributed by atoms with E-state index in [4.69, 9.17) is 0 Å². The van der Waals surface area contributed by atoms with E-state index >= 15 is 0 Å². The van der Waals surface area contributed by atoms with E-state index in [1.165, 1.54) is 10.5 Å². The van der Waals surface area contributed by atoms with E-state index in [-0.39, 0.29) is 15.0 Å². The Bertz CT molecular complexity index is 755. The molecule has 0 amide bonds. The number of anilines is 1. The molecule has 1 N–H and O–H groups in total. The third-order valence-corrected chi connectivity index (χ3v) is 5.84. The number of rotatable bonds is 2. The Kier molecular flexibility index (Phi) is 3.26. The summed E-state index contributed by atoms with van der Waals surface area (Å²) in [5, 5.41) is 3.68. The number of hydrogen-bond donors (Lipinski definition) is 1. The van der Waals surface area contributed by atoms with Crippen LogP contribution in [0, 0.1) is 0 Å². The van der Waals surface area contributed by atoms with E-state index in [0.29, 0.717) is 6.04 Å². The van der Waals surface area contributed by atoms with Crippen LogP contribution in [0.15, 0.2) is 47.4 Å². The van der Waals surface area contributed by atoms with Crippen LogP contribution in [0.5, 0.6) is 0 Å². The van der Waals surface area contributed by atoms with E-state index in [2.05, 4.69) is 49.7 Å². The molecule has 0 fully saturated rings. The van der Waals surface area contributed by atoms with Crippen molar-refractivity contribution in [2.24, 2.45) is 0 Å². The quantitative estimate of drug-likeness (QED) is 0.723. The Labute approximate surface area is 128 Å². The fraction of sp³-hybridized carbons (Fsp3) is 0.200. The monoisotopic (exact) mass is 347 g/mol. The molecule has 20 heavy (non-hydrogen) atoms. The third kappa shape index (κ3) is 2.16. The molecular formula is C15H13N3SSe. The van der Waals surface area contributed by atoms with Crippen molar-refractivity contribution >= 4 is 43.4 Å². The number of nitrogens with one attached hydrogen (secondary N) is 1. The van der Waals surface area contributed by atoms with Crippen molar-refractivity contribution in [3.8, 4) is 0 Å². The van der Waals surface area contributed by atoms with Crippen LogP contribution in [-0.4, -0.2) is 28.7 Å². The van der Waals surface area contributed by atoms with Crippen LogP contribution in [0.1, 0.15) is 18.0 Å². The second kappa shape index (κ2) is 5.24. The third-order valence-electron chi connectivity index (χ3n) is 3.57. The Hall–Kier alpha value is -1.29. The summed E-state index contributed by atoms with van der Waals surface area (Å²) in [6.07, 6.45) is 1.15.